The van der Waals surface area contributed by atoms with Gasteiger partial charge in [0.1, 0.15) is 19.3 Å². The SMILES string of the molecule is CCCCCCCCCCCCCCCCCCCC(=O)O[C@H](COC(=O)CCCCCCCCCCCCCCCCC)COP(=O)(O)OC[C@@H](O)COP(=O)(O)OC[C@@H](COC(=O)CCCCCCCCCCCC)OC(=O)CCCCCCCCCCCC(C)C. The zero-order chi connectivity index (χ0) is 69.1. The molecule has 0 rings (SSSR count). The summed E-state index contributed by atoms with van der Waals surface area (Å²) in [6.07, 6.45) is 56.8. The third kappa shape index (κ3) is 68.6. The lowest BCUT2D eigenvalue weighted by molar-refractivity contribution is -0.161. The van der Waals surface area contributed by atoms with E-state index in [4.69, 9.17) is 37.0 Å². The number of hydrogen-bond acceptors (Lipinski definition) is 15. The summed E-state index contributed by atoms with van der Waals surface area (Å²) < 4.78 is 68.5. The van der Waals surface area contributed by atoms with Gasteiger partial charge in [-0.1, -0.05) is 343 Å². The van der Waals surface area contributed by atoms with Crippen molar-refractivity contribution in [2.24, 2.45) is 5.92 Å². The van der Waals surface area contributed by atoms with Gasteiger partial charge in [0.05, 0.1) is 26.4 Å². The number of aliphatic hydroxyl groups is 1. The van der Waals surface area contributed by atoms with Gasteiger partial charge in [-0.3, -0.25) is 37.3 Å². The summed E-state index contributed by atoms with van der Waals surface area (Å²) in [7, 11) is -9.91. The Kier molecular flexibility index (Phi) is 66.8. The van der Waals surface area contributed by atoms with E-state index in [-0.39, 0.29) is 25.7 Å². The van der Waals surface area contributed by atoms with Crippen molar-refractivity contribution in [2.45, 2.75) is 412 Å². The molecule has 0 spiro atoms. The second kappa shape index (κ2) is 68.2. The van der Waals surface area contributed by atoms with Crippen LogP contribution < -0.4 is 0 Å². The van der Waals surface area contributed by atoms with Crippen LogP contribution in [0.15, 0.2) is 0 Å². The van der Waals surface area contributed by atoms with Crippen LogP contribution in [-0.4, -0.2) is 96.7 Å². The van der Waals surface area contributed by atoms with Crippen LogP contribution in [0.1, 0.15) is 394 Å². The fourth-order valence-corrected chi connectivity index (χ4v) is 13.1. The number of unbranched alkanes of at least 4 members (excludes halogenated alkanes) is 47. The van der Waals surface area contributed by atoms with Gasteiger partial charge in [0.25, 0.3) is 0 Å². The number of carbonyl (C=O) groups excluding carboxylic acids is 4. The number of aliphatic hydroxyl groups excluding tert-OH is 1. The number of ether oxygens (including phenoxy) is 4. The molecule has 0 saturated heterocycles. The molecule has 94 heavy (non-hydrogen) atoms. The molecule has 0 aliphatic carbocycles. The Morgan fingerprint density at radius 3 is 0.723 bits per heavy atom. The summed E-state index contributed by atoms with van der Waals surface area (Å²) in [4.78, 5) is 72.8. The molecule has 0 aliphatic heterocycles. The lowest BCUT2D eigenvalue weighted by Crippen LogP contribution is -2.30. The Hall–Kier alpha value is -1.94. The predicted molar refractivity (Wildman–Crippen MR) is 382 cm³/mol. The Labute approximate surface area is 575 Å². The van der Waals surface area contributed by atoms with Gasteiger partial charge in [-0.25, -0.2) is 9.13 Å². The van der Waals surface area contributed by atoms with Gasteiger partial charge in [-0.05, 0) is 31.6 Å². The molecule has 17 nitrogen and oxygen atoms in total. The highest BCUT2D eigenvalue weighted by Crippen LogP contribution is 2.45. The third-order valence-corrected chi connectivity index (χ3v) is 19.4. The highest BCUT2D eigenvalue weighted by atomic mass is 31.2. The minimum absolute atomic E-state index is 0.106. The van der Waals surface area contributed by atoms with Crippen molar-refractivity contribution >= 4 is 39.5 Å². The van der Waals surface area contributed by atoms with Crippen molar-refractivity contribution < 1.29 is 80.2 Å². The highest BCUT2D eigenvalue weighted by molar-refractivity contribution is 7.47. The van der Waals surface area contributed by atoms with E-state index >= 15 is 0 Å². The molecule has 0 amide bonds. The monoisotopic (exact) mass is 1380 g/mol. The van der Waals surface area contributed by atoms with Gasteiger partial charge in [0, 0.05) is 25.7 Å². The molecule has 19 heteroatoms. The van der Waals surface area contributed by atoms with E-state index in [0.717, 1.165) is 95.8 Å². The predicted octanol–water partition coefficient (Wildman–Crippen LogP) is 22.1. The van der Waals surface area contributed by atoms with Crippen LogP contribution in [0.4, 0.5) is 0 Å². The molecule has 0 aliphatic rings. The first-order valence-electron chi connectivity index (χ1n) is 39.1. The van der Waals surface area contributed by atoms with Crippen LogP contribution in [-0.2, 0) is 65.4 Å². The van der Waals surface area contributed by atoms with Gasteiger partial charge in [0.2, 0.25) is 0 Å². The van der Waals surface area contributed by atoms with Crippen molar-refractivity contribution in [3.63, 3.8) is 0 Å². The maximum absolute atomic E-state index is 13.1. The van der Waals surface area contributed by atoms with Gasteiger partial charge >= 0.3 is 39.5 Å². The smallest absolute Gasteiger partial charge is 0.462 e. The third-order valence-electron chi connectivity index (χ3n) is 17.5. The Morgan fingerprint density at radius 2 is 0.489 bits per heavy atom. The Balaban J connectivity index is 5.24. The molecule has 0 aromatic rings. The van der Waals surface area contributed by atoms with Crippen LogP contribution in [0.5, 0.6) is 0 Å². The van der Waals surface area contributed by atoms with Gasteiger partial charge in [-0.2, -0.15) is 0 Å². The summed E-state index contributed by atoms with van der Waals surface area (Å²) >= 11 is 0. The Morgan fingerprint density at radius 1 is 0.287 bits per heavy atom. The average molecular weight is 1380 g/mol. The first kappa shape index (κ1) is 92.1. The second-order valence-corrected chi connectivity index (χ2v) is 30.4. The van der Waals surface area contributed by atoms with E-state index in [1.807, 2.05) is 0 Å². The van der Waals surface area contributed by atoms with E-state index in [2.05, 4.69) is 34.6 Å². The van der Waals surface area contributed by atoms with Crippen molar-refractivity contribution in [3.8, 4) is 0 Å². The largest absolute Gasteiger partial charge is 0.472 e. The molecule has 0 fully saturated rings. The zero-order valence-electron chi connectivity index (χ0n) is 61.1. The van der Waals surface area contributed by atoms with Crippen molar-refractivity contribution in [1.82, 2.24) is 0 Å². The van der Waals surface area contributed by atoms with Gasteiger partial charge in [-0.15, -0.1) is 0 Å². The van der Waals surface area contributed by atoms with Crippen molar-refractivity contribution in [2.75, 3.05) is 39.6 Å². The lowest BCUT2D eigenvalue weighted by atomic mass is 10.0. The second-order valence-electron chi connectivity index (χ2n) is 27.5. The number of phosphoric acid groups is 2. The molecule has 0 heterocycles. The standard InChI is InChI=1S/C75H146O17P2/c1-6-9-12-15-18-21-24-26-28-29-31-33-35-40-45-50-55-60-74(79)91-70(65-86-73(78)59-54-49-44-39-34-32-30-27-25-22-19-16-13-10-7-2)66-89-93(81,82)87-62-69(76)63-88-94(83,84)90-67-71(64-85-72(77)58-53-48-43-38-23-20-17-14-11-8-3)92-75(80)61-56-51-46-41-36-37-42-47-52-57-68(4)5/h68-71,76H,6-67H2,1-5H3,(H,81,82)(H,83,84)/t69-,70-,71-/m1/s1. The molecule has 0 radical (unpaired) electrons. The van der Waals surface area contributed by atoms with Crippen LogP contribution in [0, 0.1) is 5.92 Å². The van der Waals surface area contributed by atoms with Crippen LogP contribution in [0.3, 0.4) is 0 Å². The first-order chi connectivity index (χ1) is 45.5. The van der Waals surface area contributed by atoms with E-state index in [9.17, 15) is 43.2 Å². The summed E-state index contributed by atoms with van der Waals surface area (Å²) in [5, 5.41) is 10.6. The molecule has 558 valence electrons. The number of phosphoric ester groups is 2. The summed E-state index contributed by atoms with van der Waals surface area (Å²) in [5.74, 6) is -1.38. The molecule has 0 aromatic heterocycles. The number of hydrogen-bond donors (Lipinski definition) is 3. The Bertz CT molecular complexity index is 1810. The fourth-order valence-electron chi connectivity index (χ4n) is 11.5. The summed E-state index contributed by atoms with van der Waals surface area (Å²) in [6.45, 7) is 7.26. The maximum atomic E-state index is 13.1. The molecule has 3 N–H and O–H groups in total. The molecular formula is C75H146O17P2. The average Bonchev–Trinajstić information content (AvgIpc) is 1.53. The normalized spacial score (nSPS) is 14.0. The summed E-state index contributed by atoms with van der Waals surface area (Å²) in [5.41, 5.74) is 0. The van der Waals surface area contributed by atoms with Crippen LogP contribution in [0.25, 0.3) is 0 Å². The summed E-state index contributed by atoms with van der Waals surface area (Å²) in [6, 6.07) is 0. The van der Waals surface area contributed by atoms with Crippen molar-refractivity contribution in [3.05, 3.63) is 0 Å². The lowest BCUT2D eigenvalue weighted by Gasteiger charge is -2.21. The molecule has 5 atom stereocenters. The van der Waals surface area contributed by atoms with Gasteiger partial charge in [0.15, 0.2) is 12.2 Å². The molecular weight excluding hydrogens is 1230 g/mol. The molecule has 2 unspecified atom stereocenters. The quantitative estimate of drug-likeness (QED) is 0.0222. The van der Waals surface area contributed by atoms with E-state index in [1.165, 1.54) is 218 Å². The topological polar surface area (TPSA) is 237 Å². The maximum Gasteiger partial charge on any atom is 0.472 e. The number of carbonyl (C=O) groups is 4. The molecule has 0 saturated carbocycles. The van der Waals surface area contributed by atoms with E-state index in [0.29, 0.717) is 25.7 Å². The van der Waals surface area contributed by atoms with Gasteiger partial charge < -0.3 is 33.8 Å². The minimum atomic E-state index is -4.96. The van der Waals surface area contributed by atoms with E-state index in [1.54, 1.807) is 0 Å². The first-order valence-corrected chi connectivity index (χ1v) is 42.1. The zero-order valence-corrected chi connectivity index (χ0v) is 62.9. The fraction of sp³-hybridized carbons (Fsp3) is 0.947. The minimum Gasteiger partial charge on any atom is -0.462 e. The number of esters is 4. The van der Waals surface area contributed by atoms with Crippen molar-refractivity contribution in [1.29, 1.82) is 0 Å². The van der Waals surface area contributed by atoms with E-state index < -0.39 is 97.5 Å². The number of rotatable bonds is 75. The highest BCUT2D eigenvalue weighted by Gasteiger charge is 2.30. The molecule has 0 aromatic carbocycles. The van der Waals surface area contributed by atoms with Crippen LogP contribution in [0.2, 0.25) is 0 Å². The molecule has 0 bridgehead atoms. The van der Waals surface area contributed by atoms with Crippen LogP contribution >= 0.6 is 15.6 Å².